The zero-order chi connectivity index (χ0) is 14.4. The minimum absolute atomic E-state index is 0.0310. The van der Waals surface area contributed by atoms with E-state index in [2.05, 4.69) is 5.32 Å². The van der Waals surface area contributed by atoms with Crippen molar-refractivity contribution in [2.24, 2.45) is 0 Å². The van der Waals surface area contributed by atoms with Gasteiger partial charge < -0.3 is 20.8 Å². The number of nitrogens with zero attached hydrogens (tertiary/aromatic N) is 1. The lowest BCUT2D eigenvalue weighted by Gasteiger charge is -2.13. The molecule has 0 aliphatic heterocycles. The molecule has 1 aromatic carbocycles. The summed E-state index contributed by atoms with van der Waals surface area (Å²) in [5, 5.41) is 30.3. The van der Waals surface area contributed by atoms with Gasteiger partial charge in [0.2, 0.25) is 0 Å². The van der Waals surface area contributed by atoms with Gasteiger partial charge in [-0.05, 0) is 18.2 Å². The maximum atomic E-state index is 12.9. The number of benzene rings is 1. The molecule has 0 saturated carbocycles. The molecule has 100 valence electrons. The Morgan fingerprint density at radius 1 is 1.47 bits per heavy atom. The molecule has 0 aliphatic rings. The molecule has 0 bridgehead atoms. The van der Waals surface area contributed by atoms with Crippen LogP contribution in [0.3, 0.4) is 0 Å². The monoisotopic (exact) mass is 267 g/mol. The molecule has 0 heterocycles. The molecule has 0 spiro atoms. The Hall–Kier alpha value is -2.66. The third-order valence-corrected chi connectivity index (χ3v) is 2.14. The SMILES string of the molecule is N#Cc1cc(F)ccc1NC(=O)NC(CO)C(=O)O. The van der Waals surface area contributed by atoms with Crippen LogP contribution >= 0.6 is 0 Å². The fourth-order valence-electron chi connectivity index (χ4n) is 1.22. The second-order valence-corrected chi connectivity index (χ2v) is 3.47. The summed E-state index contributed by atoms with van der Waals surface area (Å²) in [5.74, 6) is -2.04. The van der Waals surface area contributed by atoms with Gasteiger partial charge in [0, 0.05) is 0 Å². The summed E-state index contributed by atoms with van der Waals surface area (Å²) in [6, 6.07) is 2.43. The quantitative estimate of drug-likeness (QED) is 0.623. The lowest BCUT2D eigenvalue weighted by molar-refractivity contribution is -0.140. The topological polar surface area (TPSA) is 122 Å². The molecule has 2 amide bonds. The van der Waals surface area contributed by atoms with Crippen molar-refractivity contribution in [3.8, 4) is 6.07 Å². The number of carbonyl (C=O) groups excluding carboxylic acids is 1. The largest absolute Gasteiger partial charge is 0.480 e. The predicted octanol–water partition coefficient (Wildman–Crippen LogP) is 0.264. The Kier molecular flexibility index (Phi) is 4.79. The summed E-state index contributed by atoms with van der Waals surface area (Å²) in [5.41, 5.74) is -0.0745. The Balaban J connectivity index is 2.78. The summed E-state index contributed by atoms with van der Waals surface area (Å²) in [7, 11) is 0. The molecule has 7 nitrogen and oxygen atoms in total. The molecule has 0 aliphatic carbocycles. The number of nitrogens with one attached hydrogen (secondary N) is 2. The van der Waals surface area contributed by atoms with Crippen molar-refractivity contribution in [2.45, 2.75) is 6.04 Å². The first kappa shape index (κ1) is 14.4. The highest BCUT2D eigenvalue weighted by Gasteiger charge is 2.19. The van der Waals surface area contributed by atoms with E-state index in [0.717, 1.165) is 12.1 Å². The van der Waals surface area contributed by atoms with E-state index in [4.69, 9.17) is 15.5 Å². The standard InChI is InChI=1S/C11H10FN3O4/c12-7-1-2-8(6(3-7)4-13)14-11(19)15-9(5-16)10(17)18/h1-3,9,16H,5H2,(H,17,18)(H2,14,15,19). The van der Waals surface area contributed by atoms with E-state index in [1.807, 2.05) is 5.32 Å². The highest BCUT2D eigenvalue weighted by atomic mass is 19.1. The lowest BCUT2D eigenvalue weighted by atomic mass is 10.2. The van der Waals surface area contributed by atoms with Gasteiger partial charge in [-0.15, -0.1) is 0 Å². The lowest BCUT2D eigenvalue weighted by Crippen LogP contribution is -2.45. The third-order valence-electron chi connectivity index (χ3n) is 2.14. The van der Waals surface area contributed by atoms with Crippen LogP contribution in [0.2, 0.25) is 0 Å². The van der Waals surface area contributed by atoms with Crippen LogP contribution in [0.25, 0.3) is 0 Å². The molecular weight excluding hydrogens is 257 g/mol. The van der Waals surface area contributed by atoms with Crippen molar-refractivity contribution < 1.29 is 24.2 Å². The zero-order valence-corrected chi connectivity index (χ0v) is 9.55. The molecule has 4 N–H and O–H groups in total. The number of nitriles is 1. The second-order valence-electron chi connectivity index (χ2n) is 3.47. The summed E-state index contributed by atoms with van der Waals surface area (Å²) in [6.07, 6.45) is 0. The first-order chi connectivity index (χ1) is 8.97. The molecule has 1 atom stereocenters. The van der Waals surface area contributed by atoms with Crippen LogP contribution in [0, 0.1) is 17.1 Å². The summed E-state index contributed by atoms with van der Waals surface area (Å²) < 4.78 is 12.9. The van der Waals surface area contributed by atoms with Gasteiger partial charge in [0.1, 0.15) is 11.9 Å². The first-order valence-corrected chi connectivity index (χ1v) is 5.08. The number of aliphatic hydroxyl groups excluding tert-OH is 1. The molecule has 1 aromatic rings. The van der Waals surface area contributed by atoms with Gasteiger partial charge in [-0.25, -0.2) is 14.0 Å². The maximum Gasteiger partial charge on any atom is 0.328 e. The number of halogens is 1. The smallest absolute Gasteiger partial charge is 0.328 e. The highest BCUT2D eigenvalue weighted by Crippen LogP contribution is 2.15. The number of carboxylic acid groups (broad SMARTS) is 1. The number of carboxylic acids is 1. The number of urea groups is 1. The Bertz CT molecular complexity index is 541. The number of aliphatic carboxylic acids is 1. The zero-order valence-electron chi connectivity index (χ0n) is 9.55. The molecule has 0 fully saturated rings. The van der Waals surface area contributed by atoms with Gasteiger partial charge in [0.15, 0.2) is 6.04 Å². The normalized spacial score (nSPS) is 11.2. The van der Waals surface area contributed by atoms with Gasteiger partial charge in [-0.1, -0.05) is 0 Å². The number of aliphatic hydroxyl groups is 1. The van der Waals surface area contributed by atoms with Gasteiger partial charge in [-0.3, -0.25) is 0 Å². The van der Waals surface area contributed by atoms with E-state index >= 15 is 0 Å². The van der Waals surface area contributed by atoms with E-state index < -0.39 is 30.5 Å². The van der Waals surface area contributed by atoms with E-state index in [0.29, 0.717) is 0 Å². The predicted molar refractivity (Wildman–Crippen MR) is 61.8 cm³/mol. The van der Waals surface area contributed by atoms with Crippen LogP contribution in [0.15, 0.2) is 18.2 Å². The summed E-state index contributed by atoms with van der Waals surface area (Å²) in [4.78, 5) is 22.0. The summed E-state index contributed by atoms with van der Waals surface area (Å²) in [6.45, 7) is -0.780. The second kappa shape index (κ2) is 6.32. The van der Waals surface area contributed by atoms with Crippen molar-refractivity contribution in [3.63, 3.8) is 0 Å². The minimum Gasteiger partial charge on any atom is -0.480 e. The number of hydrogen-bond acceptors (Lipinski definition) is 4. The molecule has 0 radical (unpaired) electrons. The van der Waals surface area contributed by atoms with Crippen LogP contribution in [0.4, 0.5) is 14.9 Å². The average molecular weight is 267 g/mol. The Morgan fingerprint density at radius 2 is 2.16 bits per heavy atom. The van der Waals surface area contributed by atoms with Crippen molar-refractivity contribution in [2.75, 3.05) is 11.9 Å². The van der Waals surface area contributed by atoms with Crippen LogP contribution in [-0.2, 0) is 4.79 Å². The third kappa shape index (κ3) is 3.93. The van der Waals surface area contributed by atoms with Crippen LogP contribution < -0.4 is 10.6 Å². The van der Waals surface area contributed by atoms with Gasteiger partial charge in [-0.2, -0.15) is 5.26 Å². The van der Waals surface area contributed by atoms with Crippen molar-refractivity contribution >= 4 is 17.7 Å². The molecule has 1 rings (SSSR count). The molecule has 19 heavy (non-hydrogen) atoms. The number of anilines is 1. The van der Waals surface area contributed by atoms with E-state index in [1.165, 1.54) is 6.07 Å². The fraction of sp³-hybridized carbons (Fsp3) is 0.182. The van der Waals surface area contributed by atoms with Gasteiger partial charge in [0.05, 0.1) is 17.9 Å². The van der Waals surface area contributed by atoms with E-state index in [-0.39, 0.29) is 11.3 Å². The van der Waals surface area contributed by atoms with Gasteiger partial charge in [0.25, 0.3) is 0 Å². The molecule has 8 heteroatoms. The fourth-order valence-corrected chi connectivity index (χ4v) is 1.22. The van der Waals surface area contributed by atoms with Gasteiger partial charge >= 0.3 is 12.0 Å². The van der Waals surface area contributed by atoms with Crippen LogP contribution in [0.1, 0.15) is 5.56 Å². The minimum atomic E-state index is -1.47. The van der Waals surface area contributed by atoms with Crippen LogP contribution in [0.5, 0.6) is 0 Å². The average Bonchev–Trinajstić information content (AvgIpc) is 2.37. The molecule has 0 aromatic heterocycles. The number of rotatable bonds is 4. The maximum absolute atomic E-state index is 12.9. The molecular formula is C11H10FN3O4. The van der Waals surface area contributed by atoms with Crippen molar-refractivity contribution in [1.82, 2.24) is 5.32 Å². The number of hydrogen-bond donors (Lipinski definition) is 4. The number of amides is 2. The Labute approximate surface area is 107 Å². The van der Waals surface area contributed by atoms with Crippen molar-refractivity contribution in [1.29, 1.82) is 5.26 Å². The molecule has 1 unspecified atom stereocenters. The number of carbonyl (C=O) groups is 2. The first-order valence-electron chi connectivity index (χ1n) is 5.08. The Morgan fingerprint density at radius 3 is 2.68 bits per heavy atom. The van der Waals surface area contributed by atoms with Crippen molar-refractivity contribution in [3.05, 3.63) is 29.6 Å². The highest BCUT2D eigenvalue weighted by molar-refractivity contribution is 5.93. The van der Waals surface area contributed by atoms with Crippen LogP contribution in [-0.4, -0.2) is 34.9 Å². The summed E-state index contributed by atoms with van der Waals surface area (Å²) >= 11 is 0. The van der Waals surface area contributed by atoms with E-state index in [9.17, 15) is 14.0 Å². The molecule has 0 saturated heterocycles. The van der Waals surface area contributed by atoms with E-state index in [1.54, 1.807) is 6.07 Å².